The number of piperidine rings is 1. The van der Waals surface area contributed by atoms with E-state index in [4.69, 9.17) is 11.6 Å². The number of alkyl halides is 2. The van der Waals surface area contributed by atoms with Crippen LogP contribution in [0.1, 0.15) is 30.4 Å². The van der Waals surface area contributed by atoms with Crippen molar-refractivity contribution in [2.45, 2.75) is 37.8 Å². The van der Waals surface area contributed by atoms with Crippen molar-refractivity contribution in [3.63, 3.8) is 0 Å². The molecule has 180 valence electrons. The van der Waals surface area contributed by atoms with Crippen LogP contribution in [0.4, 0.5) is 19.0 Å². The van der Waals surface area contributed by atoms with Crippen molar-refractivity contribution in [2.24, 2.45) is 0 Å². The van der Waals surface area contributed by atoms with E-state index >= 15 is 0 Å². The number of hydrogen-bond acceptors (Lipinski definition) is 4. The lowest BCUT2D eigenvalue weighted by Gasteiger charge is -2.40. The number of pyridine rings is 1. The number of carbonyl (C=O) groups excluding carboxylic acids is 1. The summed E-state index contributed by atoms with van der Waals surface area (Å²) in [4.78, 5) is 18.7. The van der Waals surface area contributed by atoms with Crippen molar-refractivity contribution < 1.29 is 22.7 Å². The number of benzene rings is 1. The van der Waals surface area contributed by atoms with Crippen molar-refractivity contribution in [3.05, 3.63) is 82.4 Å². The molecule has 2 atom stereocenters. The first-order chi connectivity index (χ1) is 16.1. The number of halogens is 4. The van der Waals surface area contributed by atoms with E-state index < -0.39 is 30.1 Å². The molecule has 1 saturated heterocycles. The van der Waals surface area contributed by atoms with E-state index in [1.54, 1.807) is 34.7 Å². The zero-order valence-electron chi connectivity index (χ0n) is 18.3. The van der Waals surface area contributed by atoms with Gasteiger partial charge in [0, 0.05) is 37.8 Å². The lowest BCUT2D eigenvalue weighted by molar-refractivity contribution is -0.605. The molecule has 1 aromatic carbocycles. The van der Waals surface area contributed by atoms with Crippen molar-refractivity contribution in [1.29, 1.82) is 0 Å². The van der Waals surface area contributed by atoms with Gasteiger partial charge in [-0.1, -0.05) is 23.7 Å². The Kier molecular flexibility index (Phi) is 6.81. The van der Waals surface area contributed by atoms with Gasteiger partial charge in [0.15, 0.2) is 18.2 Å². The number of nitrogens with zero attached hydrogens (tertiary/aromatic N) is 4. The van der Waals surface area contributed by atoms with E-state index in [1.165, 1.54) is 36.9 Å². The summed E-state index contributed by atoms with van der Waals surface area (Å²) >= 11 is 5.99. The molecule has 0 unspecified atom stereocenters. The SMILES string of the molecule is C[C@@H](C(=O)Nc1cn(Cc2cccc(F)c2Cl)cn1)N1CCC(F)(F)[C@@H](c2cc[n+]([O-])cc2)C1. The highest BCUT2D eigenvalue weighted by Crippen LogP contribution is 2.40. The maximum atomic E-state index is 14.6. The normalized spacial score (nSPS) is 19.0. The topological polar surface area (TPSA) is 77.1 Å². The van der Waals surface area contributed by atoms with Crippen LogP contribution in [-0.4, -0.2) is 45.4 Å². The molecule has 3 aromatic rings. The summed E-state index contributed by atoms with van der Waals surface area (Å²) in [6.45, 7) is 1.93. The minimum Gasteiger partial charge on any atom is -0.619 e. The number of aromatic nitrogens is 3. The first-order valence-electron chi connectivity index (χ1n) is 10.7. The van der Waals surface area contributed by atoms with Gasteiger partial charge in [-0.15, -0.1) is 0 Å². The first kappa shape index (κ1) is 24.0. The van der Waals surface area contributed by atoms with Gasteiger partial charge >= 0.3 is 0 Å². The summed E-state index contributed by atoms with van der Waals surface area (Å²) in [5, 5.41) is 14.0. The van der Waals surface area contributed by atoms with Crippen molar-refractivity contribution in [1.82, 2.24) is 14.5 Å². The highest BCUT2D eigenvalue weighted by atomic mass is 35.5. The van der Waals surface area contributed by atoms with Crippen LogP contribution in [0.15, 0.2) is 55.2 Å². The molecule has 1 aliphatic rings. The Balaban J connectivity index is 1.40. The van der Waals surface area contributed by atoms with Crippen LogP contribution < -0.4 is 10.0 Å². The number of carbonyl (C=O) groups is 1. The molecule has 2 aromatic heterocycles. The van der Waals surface area contributed by atoms with Crippen LogP contribution in [0.5, 0.6) is 0 Å². The van der Waals surface area contributed by atoms with Crippen LogP contribution >= 0.6 is 11.6 Å². The molecule has 3 heterocycles. The molecule has 0 spiro atoms. The second-order valence-corrected chi connectivity index (χ2v) is 8.74. The standard InChI is InChI=1S/C23H23ClF3N5O2/c1-15(31-10-7-23(26,27)18(12-31)16-5-8-32(34)9-6-16)22(33)29-20-13-30(14-28-20)11-17-3-2-4-19(25)21(17)24/h2-6,8-9,13-15,18H,7,10-12H2,1H3,(H,29,33)/t15-,18+/m0/s1. The average Bonchev–Trinajstić information content (AvgIpc) is 3.24. The molecular formula is C23H23ClF3N5O2. The van der Waals surface area contributed by atoms with E-state index in [0.29, 0.717) is 15.9 Å². The second kappa shape index (κ2) is 9.63. The second-order valence-electron chi connectivity index (χ2n) is 8.36. The van der Waals surface area contributed by atoms with Gasteiger partial charge in [0.1, 0.15) is 5.82 Å². The lowest BCUT2D eigenvalue weighted by atomic mass is 9.87. The molecule has 0 bridgehead atoms. The molecule has 11 heteroatoms. The van der Waals surface area contributed by atoms with E-state index in [0.717, 1.165) is 0 Å². The van der Waals surface area contributed by atoms with Crippen LogP contribution in [0, 0.1) is 11.0 Å². The number of rotatable bonds is 6. The molecule has 4 rings (SSSR count). The Morgan fingerprint density at radius 2 is 2.09 bits per heavy atom. The Hall–Kier alpha value is -3.11. The number of likely N-dealkylation sites (tertiary alicyclic amines) is 1. The predicted octanol–water partition coefficient (Wildman–Crippen LogP) is 3.81. The number of anilines is 1. The molecule has 1 aliphatic heterocycles. The molecule has 7 nitrogen and oxygen atoms in total. The Morgan fingerprint density at radius 3 is 2.82 bits per heavy atom. The molecule has 0 aliphatic carbocycles. The number of imidazole rings is 1. The fourth-order valence-electron chi connectivity index (χ4n) is 4.06. The van der Waals surface area contributed by atoms with Gasteiger partial charge in [0.2, 0.25) is 5.91 Å². The van der Waals surface area contributed by atoms with Crippen LogP contribution in [-0.2, 0) is 11.3 Å². The monoisotopic (exact) mass is 493 g/mol. The van der Waals surface area contributed by atoms with Crippen molar-refractivity contribution in [2.75, 3.05) is 18.4 Å². The fourth-order valence-corrected chi connectivity index (χ4v) is 4.24. The Morgan fingerprint density at radius 1 is 1.35 bits per heavy atom. The summed E-state index contributed by atoms with van der Waals surface area (Å²) in [6.07, 6.45) is 5.05. The number of amides is 1. The van der Waals surface area contributed by atoms with Crippen LogP contribution in [0.3, 0.4) is 0 Å². The van der Waals surface area contributed by atoms with Crippen LogP contribution in [0.25, 0.3) is 0 Å². The summed E-state index contributed by atoms with van der Waals surface area (Å²) in [7, 11) is 0. The minimum atomic E-state index is -2.95. The average molecular weight is 494 g/mol. The maximum absolute atomic E-state index is 14.6. The van der Waals surface area contributed by atoms with Gasteiger partial charge in [-0.25, -0.2) is 18.2 Å². The summed E-state index contributed by atoms with van der Waals surface area (Å²) in [5.41, 5.74) is 0.915. The molecule has 0 radical (unpaired) electrons. The third-order valence-electron chi connectivity index (χ3n) is 6.09. The van der Waals surface area contributed by atoms with E-state index in [9.17, 15) is 23.2 Å². The van der Waals surface area contributed by atoms with E-state index in [-0.39, 0.29) is 36.4 Å². The summed E-state index contributed by atoms with van der Waals surface area (Å²) < 4.78 is 45.1. The highest BCUT2D eigenvalue weighted by Gasteiger charge is 2.46. The number of nitrogens with one attached hydrogen (secondary N) is 1. The maximum Gasteiger partial charge on any atom is 0.257 e. The molecule has 1 N–H and O–H groups in total. The molecular weight excluding hydrogens is 471 g/mol. The smallest absolute Gasteiger partial charge is 0.257 e. The third kappa shape index (κ3) is 5.18. The summed E-state index contributed by atoms with van der Waals surface area (Å²) in [6, 6.07) is 6.61. The molecule has 1 fully saturated rings. The highest BCUT2D eigenvalue weighted by molar-refractivity contribution is 6.31. The Labute approximate surface area is 199 Å². The lowest BCUT2D eigenvalue weighted by Crippen LogP contribution is -2.52. The Bertz CT molecular complexity index is 1170. The van der Waals surface area contributed by atoms with E-state index in [2.05, 4.69) is 10.3 Å². The zero-order chi connectivity index (χ0) is 24.5. The number of hydrogen-bond donors (Lipinski definition) is 1. The molecule has 1 amide bonds. The van der Waals surface area contributed by atoms with Crippen molar-refractivity contribution in [3.8, 4) is 0 Å². The van der Waals surface area contributed by atoms with Crippen molar-refractivity contribution >= 4 is 23.3 Å². The predicted molar refractivity (Wildman–Crippen MR) is 120 cm³/mol. The quantitative estimate of drug-likeness (QED) is 0.418. The zero-order valence-corrected chi connectivity index (χ0v) is 19.1. The third-order valence-corrected chi connectivity index (χ3v) is 6.51. The first-order valence-corrected chi connectivity index (χ1v) is 11.1. The van der Waals surface area contributed by atoms with Gasteiger partial charge < -0.3 is 15.1 Å². The van der Waals surface area contributed by atoms with E-state index in [1.807, 2.05) is 0 Å². The van der Waals surface area contributed by atoms with Gasteiger partial charge in [-0.2, -0.15) is 4.73 Å². The molecule has 34 heavy (non-hydrogen) atoms. The van der Waals surface area contributed by atoms with Crippen LogP contribution in [0.2, 0.25) is 5.02 Å². The van der Waals surface area contributed by atoms with Gasteiger partial charge in [0.25, 0.3) is 5.92 Å². The molecule has 0 saturated carbocycles. The summed E-state index contributed by atoms with van der Waals surface area (Å²) in [5.74, 6) is -4.70. The van der Waals surface area contributed by atoms with Gasteiger partial charge in [-0.3, -0.25) is 9.69 Å². The minimum absolute atomic E-state index is 0.0235. The largest absolute Gasteiger partial charge is 0.619 e. The van der Waals surface area contributed by atoms with Gasteiger partial charge in [-0.05, 0) is 24.1 Å². The van der Waals surface area contributed by atoms with Gasteiger partial charge in [0.05, 0.1) is 29.9 Å². The fraction of sp³-hybridized carbons (Fsp3) is 0.348.